The van der Waals surface area contributed by atoms with Crippen LogP contribution in [0.1, 0.15) is 45.0 Å². The molecule has 9 rings (SSSR count). The molecule has 8 bridgehead atoms. The fraction of sp³-hybridized carbons (Fsp3) is 0.107. The lowest BCUT2D eigenvalue weighted by Gasteiger charge is -2.08. The van der Waals surface area contributed by atoms with E-state index in [1.54, 1.807) is 0 Å². The predicted molar refractivity (Wildman–Crippen MR) is 270 cm³/mol. The molecule has 8 heteroatoms. The van der Waals surface area contributed by atoms with E-state index < -0.39 is 16.1 Å². The Hall–Kier alpha value is -7.99. The van der Waals surface area contributed by atoms with Crippen LogP contribution in [0.3, 0.4) is 0 Å². The van der Waals surface area contributed by atoms with E-state index in [-0.39, 0.29) is 0 Å². The summed E-state index contributed by atoms with van der Waals surface area (Å²) >= 11 is 0. The van der Waals surface area contributed by atoms with Gasteiger partial charge in [0.2, 0.25) is 0 Å². The summed E-state index contributed by atoms with van der Waals surface area (Å²) in [5.41, 5.74) is 24.3. The van der Waals surface area contributed by atoms with Gasteiger partial charge in [0, 0.05) is 55.4 Å². The van der Waals surface area contributed by atoms with Crippen LogP contribution in [0.2, 0.25) is 39.3 Å². The van der Waals surface area contributed by atoms with Crippen LogP contribution in [-0.2, 0) is 0 Å². The van der Waals surface area contributed by atoms with E-state index in [1.807, 2.05) is 48.5 Å². The summed E-state index contributed by atoms with van der Waals surface area (Å²) in [6.45, 7) is 13.5. The molecule has 2 aliphatic rings. The first-order valence-corrected chi connectivity index (χ1v) is 28.3. The lowest BCUT2D eigenvalue weighted by molar-refractivity contribution is 1.27. The summed E-state index contributed by atoms with van der Waals surface area (Å²) in [5.74, 6) is 6.81. The number of aromatic amines is 2. The molecule has 0 atom stereocenters. The molecule has 3 aromatic heterocycles. The van der Waals surface area contributed by atoms with Crippen molar-refractivity contribution in [3.8, 4) is 79.6 Å². The summed E-state index contributed by atoms with van der Waals surface area (Å²) < 4.78 is 0. The molecule has 306 valence electrons. The number of benzene rings is 4. The maximum Gasteiger partial charge on any atom is 0.129 e. The highest BCUT2D eigenvalue weighted by molar-refractivity contribution is 6.84. The maximum atomic E-state index is 9.70. The Morgan fingerprint density at radius 3 is 0.969 bits per heavy atom. The van der Waals surface area contributed by atoms with Gasteiger partial charge < -0.3 is 9.97 Å². The molecule has 0 saturated carbocycles. The average Bonchev–Trinajstić information content (AvgIpc) is 4.14. The average molecular weight is 857 g/mol. The smallest absolute Gasteiger partial charge is 0.129 e. The minimum atomic E-state index is -1.57. The van der Waals surface area contributed by atoms with Crippen molar-refractivity contribution in [3.63, 3.8) is 0 Å². The number of hydrogen-bond acceptors (Lipinski definition) is 4. The van der Waals surface area contributed by atoms with Gasteiger partial charge in [0.25, 0.3) is 0 Å². The number of aromatic nitrogens is 4. The van der Waals surface area contributed by atoms with E-state index in [9.17, 15) is 10.5 Å². The van der Waals surface area contributed by atoms with Gasteiger partial charge in [-0.05, 0) is 119 Å². The monoisotopic (exact) mass is 856 g/mol. The van der Waals surface area contributed by atoms with E-state index in [2.05, 4.69) is 181 Å². The fourth-order valence-corrected chi connectivity index (χ4v) is 8.84. The Morgan fingerprint density at radius 1 is 0.359 bits per heavy atom. The molecule has 7 aromatic rings. The van der Waals surface area contributed by atoms with E-state index in [0.29, 0.717) is 11.1 Å². The third-order valence-corrected chi connectivity index (χ3v) is 12.6. The lowest BCUT2D eigenvalue weighted by atomic mass is 10.0. The molecule has 0 saturated heterocycles. The van der Waals surface area contributed by atoms with Crippen molar-refractivity contribution < 1.29 is 0 Å². The van der Waals surface area contributed by atoms with Crippen LogP contribution in [0.15, 0.2) is 121 Å². The van der Waals surface area contributed by atoms with Gasteiger partial charge in [-0.15, -0.1) is 11.1 Å². The molecule has 2 aliphatic heterocycles. The van der Waals surface area contributed by atoms with Crippen LogP contribution < -0.4 is 0 Å². The van der Waals surface area contributed by atoms with Crippen molar-refractivity contribution in [1.82, 2.24) is 19.9 Å². The third-order valence-electron chi connectivity index (χ3n) is 10.9. The fourth-order valence-electron chi connectivity index (χ4n) is 7.80. The minimum Gasteiger partial charge on any atom is -0.354 e. The highest BCUT2D eigenvalue weighted by Crippen LogP contribution is 2.38. The lowest BCUT2D eigenvalue weighted by Crippen LogP contribution is -2.16. The van der Waals surface area contributed by atoms with Gasteiger partial charge in [-0.25, -0.2) is 9.97 Å². The van der Waals surface area contributed by atoms with E-state index >= 15 is 0 Å². The zero-order chi connectivity index (χ0) is 44.6. The molecule has 0 amide bonds. The maximum absolute atomic E-state index is 9.70. The van der Waals surface area contributed by atoms with Crippen molar-refractivity contribution in [1.29, 1.82) is 10.5 Å². The molecule has 4 aromatic carbocycles. The normalized spacial score (nSPS) is 11.8. The highest BCUT2D eigenvalue weighted by atomic mass is 28.3. The summed E-state index contributed by atoms with van der Waals surface area (Å²) in [7, 11) is -3.14. The molecule has 0 unspecified atom stereocenters. The van der Waals surface area contributed by atoms with Gasteiger partial charge in [-0.1, -0.05) is 99.7 Å². The summed E-state index contributed by atoms with van der Waals surface area (Å²) in [6.07, 6.45) is 8.26. The molecule has 0 aliphatic carbocycles. The second-order valence-electron chi connectivity index (χ2n) is 18.0. The molecular weight excluding hydrogens is 813 g/mol. The standard InChI is InChI=1S/C56H44N6Si2/c1-63(2,3)33-31-37-7-15-41(16-8-37)53-45-23-27-49(59-45)55(43-19-11-39(35-57)12-20-43)51-29-25-47(61-51)54(42-17-9-38(10-18-42)32-34-64(4,5)6)48-26-30-52(62-48)56(50-28-24-46(53)60-50)44-21-13-40(36-58)14-22-44/h7-30,59-60H,1-6H3. The molecule has 2 N–H and O–H groups in total. The summed E-state index contributed by atoms with van der Waals surface area (Å²) in [5, 5.41) is 19.4. The largest absolute Gasteiger partial charge is 0.354 e. The van der Waals surface area contributed by atoms with Gasteiger partial charge in [0.15, 0.2) is 0 Å². The van der Waals surface area contributed by atoms with Crippen LogP contribution in [0, 0.1) is 45.6 Å². The SMILES string of the molecule is C[Si](C)(C)C#Cc1ccc(-c2c3nc(c(-c4ccc(C#N)cc4)c4ccc([nH]4)c(-c4ccc(C#C[Si](C)(C)C)cc4)c4ccc([nH]4)c(-c4ccc(C#N)cc4)c4nc2C=C4)C=C3)cc1. The number of rotatable bonds is 4. The number of hydrogen-bond donors (Lipinski definition) is 2. The first-order valence-electron chi connectivity index (χ1n) is 21.3. The third kappa shape index (κ3) is 8.71. The molecule has 0 radical (unpaired) electrons. The Labute approximate surface area is 376 Å². The van der Waals surface area contributed by atoms with Crippen molar-refractivity contribution in [2.24, 2.45) is 0 Å². The molecule has 6 nitrogen and oxygen atoms in total. The Kier molecular flexibility index (Phi) is 10.8. The molecular formula is C56H44N6Si2. The van der Waals surface area contributed by atoms with Crippen molar-refractivity contribution in [2.75, 3.05) is 0 Å². The van der Waals surface area contributed by atoms with Crippen LogP contribution >= 0.6 is 0 Å². The van der Waals surface area contributed by atoms with Gasteiger partial charge in [-0.2, -0.15) is 10.5 Å². The van der Waals surface area contributed by atoms with Crippen molar-refractivity contribution >= 4 is 62.5 Å². The zero-order valence-electron chi connectivity index (χ0n) is 36.6. The number of H-pyrrole nitrogens is 2. The highest BCUT2D eigenvalue weighted by Gasteiger charge is 2.20. The van der Waals surface area contributed by atoms with Gasteiger partial charge in [-0.3, -0.25) is 0 Å². The van der Waals surface area contributed by atoms with Gasteiger partial charge in [0.1, 0.15) is 16.1 Å². The summed E-state index contributed by atoms with van der Waals surface area (Å²) in [4.78, 5) is 18.4. The first kappa shape index (κ1) is 41.4. The van der Waals surface area contributed by atoms with Crippen molar-refractivity contribution in [3.05, 3.63) is 166 Å². The number of nitriles is 2. The Balaban J connectivity index is 1.39. The quantitative estimate of drug-likeness (QED) is 0.136. The van der Waals surface area contributed by atoms with Gasteiger partial charge in [0.05, 0.1) is 46.0 Å². The number of fused-ring (bicyclic) bond motifs is 8. The first-order chi connectivity index (χ1) is 30.8. The predicted octanol–water partition coefficient (Wildman–Crippen LogP) is 13.5. The Morgan fingerprint density at radius 2 is 0.641 bits per heavy atom. The molecule has 0 fully saturated rings. The van der Waals surface area contributed by atoms with Gasteiger partial charge >= 0.3 is 0 Å². The topological polar surface area (TPSA) is 105 Å². The number of nitrogens with one attached hydrogen (secondary N) is 2. The second-order valence-corrected chi connectivity index (χ2v) is 27.5. The second kappa shape index (κ2) is 16.7. The van der Waals surface area contributed by atoms with E-state index in [4.69, 9.17) is 9.97 Å². The van der Waals surface area contributed by atoms with E-state index in [0.717, 1.165) is 100 Å². The minimum absolute atomic E-state index is 0.584. The van der Waals surface area contributed by atoms with Crippen molar-refractivity contribution in [2.45, 2.75) is 39.3 Å². The van der Waals surface area contributed by atoms with Crippen LogP contribution in [-0.4, -0.2) is 36.1 Å². The molecule has 0 spiro atoms. The van der Waals surface area contributed by atoms with E-state index in [1.165, 1.54) is 0 Å². The van der Waals surface area contributed by atoms with Crippen LogP contribution in [0.5, 0.6) is 0 Å². The molecule has 5 heterocycles. The van der Waals surface area contributed by atoms with Crippen LogP contribution in [0.25, 0.3) is 90.9 Å². The summed E-state index contributed by atoms with van der Waals surface area (Å²) in [6, 6.07) is 45.2. The molecule has 64 heavy (non-hydrogen) atoms. The Bertz CT molecular complexity index is 3290. The van der Waals surface area contributed by atoms with Crippen LogP contribution in [0.4, 0.5) is 0 Å². The zero-order valence-corrected chi connectivity index (χ0v) is 38.6. The number of nitrogens with zero attached hydrogens (tertiary/aromatic N) is 4.